The average Bonchev–Trinajstić information content (AvgIpc) is 3.55. The molecule has 0 unspecified atom stereocenters. The largest absolute Gasteiger partial charge is 0.541 e. The normalized spacial score (nSPS) is 19.1. The number of aryl methyl sites for hydroxylation is 1. The van der Waals surface area contributed by atoms with Crippen molar-refractivity contribution in [2.24, 2.45) is 0 Å². The third-order valence-electron chi connectivity index (χ3n) is 10.2. The molecular formula is C38H49N3O9Si. The minimum absolute atomic E-state index is 0.0145. The van der Waals surface area contributed by atoms with Gasteiger partial charge < -0.3 is 38.2 Å². The van der Waals surface area contributed by atoms with Gasteiger partial charge in [0.2, 0.25) is 6.79 Å². The Labute approximate surface area is 301 Å². The van der Waals surface area contributed by atoms with Crippen LogP contribution < -0.4 is 28.7 Å². The van der Waals surface area contributed by atoms with Gasteiger partial charge >= 0.3 is 12.1 Å². The van der Waals surface area contributed by atoms with Crippen LogP contribution in [0.25, 0.3) is 0 Å². The van der Waals surface area contributed by atoms with Crippen LogP contribution in [0.4, 0.5) is 4.79 Å². The zero-order valence-corrected chi connectivity index (χ0v) is 31.8. The lowest BCUT2D eigenvalue weighted by Crippen LogP contribution is -2.63. The molecule has 3 aliphatic rings. The van der Waals surface area contributed by atoms with Gasteiger partial charge in [-0.05, 0) is 55.6 Å². The molecule has 0 radical (unpaired) electrons. The van der Waals surface area contributed by atoms with Crippen LogP contribution in [0.2, 0.25) is 18.1 Å². The lowest BCUT2D eigenvalue weighted by atomic mass is 9.81. The monoisotopic (exact) mass is 719 g/mol. The van der Waals surface area contributed by atoms with E-state index in [1.807, 2.05) is 30.9 Å². The molecule has 1 amide bonds. The number of alkyl carbamates (subject to hydrolysis) is 1. The number of carbonyl (C=O) groups is 2. The van der Waals surface area contributed by atoms with Crippen molar-refractivity contribution in [3.05, 3.63) is 65.3 Å². The van der Waals surface area contributed by atoms with Crippen molar-refractivity contribution in [2.75, 3.05) is 33.7 Å². The maximum atomic E-state index is 13.6. The number of hydrogen-bond donors (Lipinski definition) is 1. The average molecular weight is 720 g/mol. The van der Waals surface area contributed by atoms with Crippen LogP contribution in [0.15, 0.2) is 37.4 Å². The van der Waals surface area contributed by atoms with Gasteiger partial charge in [0.15, 0.2) is 17.2 Å². The number of hydrogen-bond acceptors (Lipinski definition) is 11. The molecule has 3 aliphatic heterocycles. The molecule has 3 heterocycles. The van der Waals surface area contributed by atoms with Gasteiger partial charge in [0.05, 0.1) is 25.3 Å². The highest BCUT2D eigenvalue weighted by molar-refractivity contribution is 6.74. The number of nitriles is 1. The van der Waals surface area contributed by atoms with Crippen molar-refractivity contribution in [1.29, 1.82) is 5.26 Å². The molecule has 0 saturated carbocycles. The second kappa shape index (κ2) is 14.9. The summed E-state index contributed by atoms with van der Waals surface area (Å²) < 4.78 is 41.7. The van der Waals surface area contributed by atoms with Gasteiger partial charge in [-0.2, -0.15) is 5.26 Å². The quantitative estimate of drug-likeness (QED) is 0.143. The van der Waals surface area contributed by atoms with Crippen molar-refractivity contribution >= 4 is 20.4 Å². The second-order valence-electron chi connectivity index (χ2n) is 14.5. The molecule has 5 rings (SSSR count). The second-order valence-corrected chi connectivity index (χ2v) is 19.3. The number of morpholine rings is 1. The number of carbonyl (C=O) groups excluding carboxylic acids is 2. The number of fused-ring (bicyclic) bond motifs is 6. The number of ether oxygens (including phenoxy) is 6. The summed E-state index contributed by atoms with van der Waals surface area (Å²) in [4.78, 5) is 28.6. The summed E-state index contributed by atoms with van der Waals surface area (Å²) >= 11 is 0. The van der Waals surface area contributed by atoms with Gasteiger partial charge in [-0.3, -0.25) is 9.69 Å². The van der Waals surface area contributed by atoms with Crippen LogP contribution in [0.3, 0.4) is 0 Å². The summed E-state index contributed by atoms with van der Waals surface area (Å²) in [6.07, 6.45) is 2.79. The van der Waals surface area contributed by atoms with Crippen LogP contribution in [0, 0.1) is 25.2 Å². The van der Waals surface area contributed by atoms with E-state index in [2.05, 4.69) is 58.4 Å². The first kappa shape index (κ1) is 37.6. The molecule has 1 fully saturated rings. The van der Waals surface area contributed by atoms with E-state index in [-0.39, 0.29) is 44.5 Å². The standard InChI is InChI=1S/C38H49N3O9Si/c1-11-13-45-33-23(4)34-35(49-21-48-34)31-25(33)18-27-36(42)47-20-29(31)41(27)28(19-39)26(40-37(43)46-14-12-2)16-24-15-22(3)32(44-8)30(17-24)50-51(9,10)38(5,6)7/h11-12,15,17,26-29H,1-2,13-14,16,18,20-21H2,3-10H3,(H,40,43)/t26-,27-,28-,29+/m0/s1. The zero-order valence-electron chi connectivity index (χ0n) is 30.8. The fourth-order valence-electron chi connectivity index (χ4n) is 6.81. The molecule has 4 atom stereocenters. The minimum Gasteiger partial charge on any atom is -0.541 e. The summed E-state index contributed by atoms with van der Waals surface area (Å²) in [7, 11) is -0.678. The first-order chi connectivity index (χ1) is 24.2. The van der Waals surface area contributed by atoms with Gasteiger partial charge in [-0.1, -0.05) is 52.1 Å². The van der Waals surface area contributed by atoms with Gasteiger partial charge in [0, 0.05) is 23.1 Å². The molecule has 2 bridgehead atoms. The number of cyclic esters (lactones) is 1. The SMILES string of the molecule is C=CCOC(=O)N[C@@H](Cc1cc(C)c(OC)c(O[Si](C)(C)C(C)(C)C)c1)[C@H](C#N)N1[C@@H]2COC(=O)[C@@H]1Cc1c(OCC=C)c(C)c3c(c12)OCO3. The van der Waals surface area contributed by atoms with Crippen LogP contribution in [0.5, 0.6) is 28.7 Å². The molecule has 274 valence electrons. The highest BCUT2D eigenvalue weighted by Crippen LogP contribution is 2.54. The third kappa shape index (κ3) is 7.25. The maximum absolute atomic E-state index is 13.6. The zero-order chi connectivity index (χ0) is 37.2. The Morgan fingerprint density at radius 3 is 2.47 bits per heavy atom. The minimum atomic E-state index is -2.29. The molecular weight excluding hydrogens is 671 g/mol. The number of nitrogens with zero attached hydrogens (tertiary/aromatic N) is 2. The van der Waals surface area contributed by atoms with Crippen molar-refractivity contribution in [2.45, 2.75) is 89.8 Å². The number of methoxy groups -OCH3 is 1. The Hall–Kier alpha value is -4.67. The Balaban J connectivity index is 1.60. The Morgan fingerprint density at radius 2 is 1.82 bits per heavy atom. The predicted molar refractivity (Wildman–Crippen MR) is 193 cm³/mol. The van der Waals surface area contributed by atoms with E-state index in [9.17, 15) is 14.9 Å². The highest BCUT2D eigenvalue weighted by atomic mass is 28.4. The van der Waals surface area contributed by atoms with Crippen LogP contribution in [0.1, 0.15) is 54.6 Å². The van der Waals surface area contributed by atoms with Crippen LogP contribution in [-0.2, 0) is 27.1 Å². The number of esters is 1. The van der Waals surface area contributed by atoms with Crippen molar-refractivity contribution < 1.29 is 42.4 Å². The summed E-state index contributed by atoms with van der Waals surface area (Å²) in [5.74, 6) is 2.43. The molecule has 51 heavy (non-hydrogen) atoms. The van der Waals surface area contributed by atoms with E-state index in [0.29, 0.717) is 28.7 Å². The van der Waals surface area contributed by atoms with E-state index in [1.54, 1.807) is 13.2 Å². The van der Waals surface area contributed by atoms with Gasteiger partial charge in [-0.15, -0.1) is 0 Å². The van der Waals surface area contributed by atoms with Crippen molar-refractivity contribution in [3.8, 4) is 34.8 Å². The van der Waals surface area contributed by atoms with E-state index < -0.39 is 44.5 Å². The molecule has 2 aromatic rings. The third-order valence-corrected chi connectivity index (χ3v) is 14.5. The lowest BCUT2D eigenvalue weighted by Gasteiger charge is -2.49. The van der Waals surface area contributed by atoms with Crippen molar-refractivity contribution in [1.82, 2.24) is 10.2 Å². The van der Waals surface area contributed by atoms with Gasteiger partial charge in [0.25, 0.3) is 8.32 Å². The summed E-state index contributed by atoms with van der Waals surface area (Å²) in [6.45, 7) is 22.3. The molecule has 0 spiro atoms. The van der Waals surface area contributed by atoms with Gasteiger partial charge in [-0.25, -0.2) is 4.79 Å². The number of nitrogens with one attached hydrogen (secondary N) is 1. The lowest BCUT2D eigenvalue weighted by molar-refractivity contribution is -0.166. The fourth-order valence-corrected chi connectivity index (χ4v) is 7.82. The van der Waals surface area contributed by atoms with E-state index >= 15 is 0 Å². The topological polar surface area (TPSA) is 138 Å². The van der Waals surface area contributed by atoms with E-state index in [1.165, 1.54) is 6.08 Å². The Bertz CT molecular complexity index is 1750. The Kier molecular flexibility index (Phi) is 11.0. The predicted octanol–water partition coefficient (Wildman–Crippen LogP) is 6.23. The fraction of sp³-hybridized carbons (Fsp3) is 0.500. The molecule has 12 nitrogen and oxygen atoms in total. The summed E-state index contributed by atoms with van der Waals surface area (Å²) in [5.41, 5.74) is 3.93. The highest BCUT2D eigenvalue weighted by Gasteiger charge is 2.52. The molecule has 13 heteroatoms. The van der Waals surface area contributed by atoms with Gasteiger partial charge in [0.1, 0.15) is 43.4 Å². The van der Waals surface area contributed by atoms with Crippen LogP contribution in [-0.4, -0.2) is 77.1 Å². The summed E-state index contributed by atoms with van der Waals surface area (Å²) in [6, 6.07) is 2.99. The van der Waals surface area contributed by atoms with Crippen LogP contribution >= 0.6 is 0 Å². The molecule has 2 aromatic carbocycles. The molecule has 1 saturated heterocycles. The first-order valence-electron chi connectivity index (χ1n) is 17.1. The van der Waals surface area contributed by atoms with E-state index in [4.69, 9.17) is 32.8 Å². The Morgan fingerprint density at radius 1 is 1.12 bits per heavy atom. The molecule has 0 aromatic heterocycles. The van der Waals surface area contributed by atoms with E-state index in [0.717, 1.165) is 27.8 Å². The first-order valence-corrected chi connectivity index (χ1v) is 20.0. The number of amides is 1. The molecule has 0 aliphatic carbocycles. The summed E-state index contributed by atoms with van der Waals surface area (Å²) in [5, 5.41) is 13.8. The number of benzene rings is 2. The van der Waals surface area contributed by atoms with Crippen molar-refractivity contribution in [3.63, 3.8) is 0 Å². The molecule has 1 N–H and O–H groups in total. The maximum Gasteiger partial charge on any atom is 0.407 e. The number of rotatable bonds is 13. The smallest absolute Gasteiger partial charge is 0.407 e.